The van der Waals surface area contributed by atoms with Crippen molar-refractivity contribution in [2.75, 3.05) is 0 Å². The first-order valence-electron chi connectivity index (χ1n) is 9.01. The van der Waals surface area contributed by atoms with Crippen molar-refractivity contribution >= 4 is 39.3 Å². The van der Waals surface area contributed by atoms with Gasteiger partial charge in [0, 0.05) is 10.1 Å². The van der Waals surface area contributed by atoms with Gasteiger partial charge in [0.25, 0.3) is 5.56 Å². The topological polar surface area (TPSA) is 75.0 Å². The summed E-state index contributed by atoms with van der Waals surface area (Å²) in [6.45, 7) is 1.93. The van der Waals surface area contributed by atoms with E-state index >= 15 is 0 Å². The molecule has 27 heavy (non-hydrogen) atoms. The van der Waals surface area contributed by atoms with Crippen LogP contribution in [0.1, 0.15) is 35.8 Å². The fourth-order valence-corrected chi connectivity index (χ4v) is 5.56. The summed E-state index contributed by atoms with van der Waals surface area (Å²) in [5, 5.41) is 11.6. The molecular formula is C20H19N2O3S2-. The minimum Gasteiger partial charge on any atom is -0.549 e. The summed E-state index contributed by atoms with van der Waals surface area (Å²) in [4.78, 5) is 31.3. The van der Waals surface area contributed by atoms with Gasteiger partial charge in [0.15, 0.2) is 5.16 Å². The number of carbonyl (C=O) groups excluding carboxylic acids is 1. The Hall–Kier alpha value is -2.12. The Bertz CT molecular complexity index is 1060. The highest BCUT2D eigenvalue weighted by Gasteiger charge is 2.23. The molecule has 1 aliphatic carbocycles. The van der Waals surface area contributed by atoms with Gasteiger partial charge in [0.1, 0.15) is 4.83 Å². The van der Waals surface area contributed by atoms with Crippen LogP contribution in [-0.2, 0) is 24.2 Å². The molecule has 1 aliphatic rings. The summed E-state index contributed by atoms with van der Waals surface area (Å²) in [5.74, 6) is -1.16. The highest BCUT2D eigenvalue weighted by Crippen LogP contribution is 2.35. The molecule has 2 heterocycles. The van der Waals surface area contributed by atoms with Crippen molar-refractivity contribution in [3.8, 4) is 0 Å². The summed E-state index contributed by atoms with van der Waals surface area (Å²) in [6.07, 6.45) is 4.14. The average molecular weight is 400 g/mol. The molecule has 2 aromatic heterocycles. The Balaban J connectivity index is 1.89. The number of aromatic nitrogens is 2. The Kier molecular flexibility index (Phi) is 5.06. The van der Waals surface area contributed by atoms with E-state index in [-0.39, 0.29) is 5.56 Å². The number of carboxylic acid groups (broad SMARTS) is 1. The minimum atomic E-state index is -1.16. The largest absolute Gasteiger partial charge is 0.549 e. The van der Waals surface area contributed by atoms with Gasteiger partial charge in [-0.3, -0.25) is 9.36 Å². The molecule has 1 aromatic carbocycles. The number of thiophene rings is 1. The first kappa shape index (κ1) is 18.3. The SMILES string of the molecule is C[C@@H](Sc1nc2sc3c(c2c(=O)n1Cc1ccccc1)CCCC3)C(=O)[O-]. The van der Waals surface area contributed by atoms with E-state index in [9.17, 15) is 14.7 Å². The third kappa shape index (κ3) is 3.53. The molecule has 0 fully saturated rings. The zero-order valence-corrected chi connectivity index (χ0v) is 16.6. The molecule has 1 atom stereocenters. The maximum Gasteiger partial charge on any atom is 0.263 e. The molecule has 0 N–H and O–H groups in total. The predicted molar refractivity (Wildman–Crippen MR) is 106 cm³/mol. The molecule has 7 heteroatoms. The van der Waals surface area contributed by atoms with Crippen molar-refractivity contribution in [1.82, 2.24) is 9.55 Å². The van der Waals surface area contributed by atoms with Crippen LogP contribution in [0.4, 0.5) is 0 Å². The van der Waals surface area contributed by atoms with Gasteiger partial charge in [-0.2, -0.15) is 0 Å². The van der Waals surface area contributed by atoms with Gasteiger partial charge >= 0.3 is 0 Å². The van der Waals surface area contributed by atoms with Crippen molar-refractivity contribution in [3.05, 3.63) is 56.7 Å². The third-order valence-electron chi connectivity index (χ3n) is 4.84. The molecule has 0 saturated heterocycles. The molecule has 3 aromatic rings. The molecule has 0 bridgehead atoms. The smallest absolute Gasteiger partial charge is 0.263 e. The Morgan fingerprint density at radius 2 is 2.04 bits per heavy atom. The maximum atomic E-state index is 13.4. The number of aliphatic carboxylic acids is 1. The van der Waals surface area contributed by atoms with Crippen LogP contribution in [0.3, 0.4) is 0 Å². The summed E-state index contributed by atoms with van der Waals surface area (Å²) >= 11 is 2.65. The number of nitrogens with zero attached hydrogens (tertiary/aromatic N) is 2. The van der Waals surface area contributed by atoms with E-state index in [4.69, 9.17) is 4.98 Å². The highest BCUT2D eigenvalue weighted by molar-refractivity contribution is 8.00. The summed E-state index contributed by atoms with van der Waals surface area (Å²) in [7, 11) is 0. The van der Waals surface area contributed by atoms with Crippen molar-refractivity contribution in [1.29, 1.82) is 0 Å². The van der Waals surface area contributed by atoms with Crippen LogP contribution < -0.4 is 10.7 Å². The summed E-state index contributed by atoms with van der Waals surface area (Å²) in [6, 6.07) is 9.69. The van der Waals surface area contributed by atoms with Crippen LogP contribution >= 0.6 is 23.1 Å². The van der Waals surface area contributed by atoms with Crippen molar-refractivity contribution in [3.63, 3.8) is 0 Å². The van der Waals surface area contributed by atoms with Gasteiger partial charge in [-0.1, -0.05) is 42.1 Å². The standard InChI is InChI=1S/C20H20N2O3S2/c1-12(19(24)25)26-20-21-17-16(14-9-5-6-10-15(14)27-17)18(23)22(20)11-13-7-3-2-4-8-13/h2-4,7-8,12H,5-6,9-11H2,1H3,(H,24,25)/p-1/t12-/m1/s1. The summed E-state index contributed by atoms with van der Waals surface area (Å²) in [5.41, 5.74) is 2.05. The second kappa shape index (κ2) is 7.48. The maximum absolute atomic E-state index is 13.4. The number of benzene rings is 1. The van der Waals surface area contributed by atoms with Gasteiger partial charge in [-0.05, 0) is 43.7 Å². The number of carbonyl (C=O) groups is 1. The van der Waals surface area contributed by atoms with E-state index in [2.05, 4.69) is 0 Å². The number of hydrogen-bond donors (Lipinski definition) is 0. The lowest BCUT2D eigenvalue weighted by atomic mass is 9.97. The summed E-state index contributed by atoms with van der Waals surface area (Å²) < 4.78 is 1.61. The number of carboxylic acids is 1. The second-order valence-corrected chi connectivity index (χ2v) is 9.13. The number of thioether (sulfide) groups is 1. The number of rotatable bonds is 5. The normalized spacial score (nSPS) is 14.9. The van der Waals surface area contributed by atoms with Gasteiger partial charge in [0.05, 0.1) is 17.9 Å². The number of fused-ring (bicyclic) bond motifs is 3. The van der Waals surface area contributed by atoms with E-state index in [1.165, 1.54) is 4.88 Å². The molecule has 0 aliphatic heterocycles. The molecule has 0 amide bonds. The Morgan fingerprint density at radius 1 is 1.30 bits per heavy atom. The third-order valence-corrected chi connectivity index (χ3v) is 7.09. The van der Waals surface area contributed by atoms with Gasteiger partial charge < -0.3 is 9.90 Å². The quantitative estimate of drug-likeness (QED) is 0.487. The molecule has 140 valence electrons. The Morgan fingerprint density at radius 3 is 2.78 bits per heavy atom. The van der Waals surface area contributed by atoms with Crippen molar-refractivity contribution < 1.29 is 9.90 Å². The van der Waals surface area contributed by atoms with E-state index < -0.39 is 11.2 Å². The molecule has 0 unspecified atom stereocenters. The first-order valence-corrected chi connectivity index (χ1v) is 10.7. The monoisotopic (exact) mass is 399 g/mol. The van der Waals surface area contributed by atoms with Crippen LogP contribution in [0.5, 0.6) is 0 Å². The molecule has 0 radical (unpaired) electrons. The molecular weight excluding hydrogens is 380 g/mol. The van der Waals surface area contributed by atoms with Crippen LogP contribution in [0.25, 0.3) is 10.2 Å². The molecule has 4 rings (SSSR count). The molecule has 5 nitrogen and oxygen atoms in total. The van der Waals surface area contributed by atoms with Crippen molar-refractivity contribution in [2.45, 2.75) is 49.6 Å². The van der Waals surface area contributed by atoms with Gasteiger partial charge in [0.2, 0.25) is 0 Å². The first-order chi connectivity index (χ1) is 13.0. The van der Waals surface area contributed by atoms with Crippen LogP contribution in [0, 0.1) is 0 Å². The van der Waals surface area contributed by atoms with Crippen LogP contribution in [0.15, 0.2) is 40.3 Å². The van der Waals surface area contributed by atoms with E-state index in [0.717, 1.165) is 58.8 Å². The zero-order chi connectivity index (χ0) is 19.0. The van der Waals surface area contributed by atoms with E-state index in [1.807, 2.05) is 30.3 Å². The second-order valence-electron chi connectivity index (χ2n) is 6.74. The average Bonchev–Trinajstić information content (AvgIpc) is 3.04. The van der Waals surface area contributed by atoms with Crippen LogP contribution in [0.2, 0.25) is 0 Å². The number of aryl methyl sites for hydroxylation is 2. The van der Waals surface area contributed by atoms with Gasteiger partial charge in [-0.25, -0.2) is 4.98 Å². The molecule has 0 spiro atoms. The predicted octanol–water partition coefficient (Wildman–Crippen LogP) is 2.62. The minimum absolute atomic E-state index is 0.0729. The highest BCUT2D eigenvalue weighted by atomic mass is 32.2. The fourth-order valence-electron chi connectivity index (χ4n) is 3.42. The Labute approximate surface area is 165 Å². The fraction of sp³-hybridized carbons (Fsp3) is 0.350. The van der Waals surface area contributed by atoms with Crippen LogP contribution in [-0.4, -0.2) is 20.8 Å². The van der Waals surface area contributed by atoms with Gasteiger partial charge in [-0.15, -0.1) is 11.3 Å². The number of hydrogen-bond acceptors (Lipinski definition) is 6. The van der Waals surface area contributed by atoms with Crippen molar-refractivity contribution in [2.24, 2.45) is 0 Å². The lowest BCUT2D eigenvalue weighted by Crippen LogP contribution is -2.32. The lowest BCUT2D eigenvalue weighted by Gasteiger charge is -2.16. The zero-order valence-electron chi connectivity index (χ0n) is 14.9. The molecule has 0 saturated carbocycles. The van der Waals surface area contributed by atoms with E-state index in [0.29, 0.717) is 11.7 Å². The lowest BCUT2D eigenvalue weighted by molar-refractivity contribution is -0.304. The van der Waals surface area contributed by atoms with E-state index in [1.54, 1.807) is 22.8 Å².